The molecule has 0 spiro atoms. The van der Waals surface area contributed by atoms with E-state index >= 15 is 0 Å². The van der Waals surface area contributed by atoms with Gasteiger partial charge in [0.15, 0.2) is 0 Å². The van der Waals surface area contributed by atoms with Crippen LogP contribution in [-0.4, -0.2) is 34.6 Å². The van der Waals surface area contributed by atoms with Crippen LogP contribution in [0.25, 0.3) is 0 Å². The number of carbonyl (C=O) groups is 2. The summed E-state index contributed by atoms with van der Waals surface area (Å²) in [4.78, 5) is 25.0. The quantitative estimate of drug-likeness (QED) is 0.868. The minimum Gasteiger partial charge on any atom is -0.478 e. The van der Waals surface area contributed by atoms with Gasteiger partial charge in [0.2, 0.25) is 0 Å². The summed E-state index contributed by atoms with van der Waals surface area (Å²) in [5.41, 5.74) is 1.65. The van der Waals surface area contributed by atoms with E-state index in [1.54, 1.807) is 19.1 Å². The molecule has 1 aromatic rings. The van der Waals surface area contributed by atoms with E-state index in [9.17, 15) is 9.59 Å². The maximum Gasteiger partial charge on any atom is 0.335 e. The summed E-state index contributed by atoms with van der Waals surface area (Å²) in [5.74, 6) is -0.962. The van der Waals surface area contributed by atoms with Crippen molar-refractivity contribution in [1.29, 1.82) is 0 Å². The number of rotatable bonds is 5. The van der Waals surface area contributed by atoms with E-state index in [4.69, 9.17) is 5.11 Å². The second kappa shape index (κ2) is 5.94. The molecule has 5 heteroatoms. The molecule has 0 bridgehead atoms. The highest BCUT2D eigenvalue weighted by atomic mass is 16.4. The van der Waals surface area contributed by atoms with Crippen LogP contribution in [0.5, 0.6) is 0 Å². The van der Waals surface area contributed by atoms with Gasteiger partial charge in [-0.05, 0) is 49.9 Å². The lowest BCUT2D eigenvalue weighted by molar-refractivity contribution is 0.0697. The molecule has 1 aromatic carbocycles. The molecule has 2 rings (SSSR count). The Morgan fingerprint density at radius 2 is 2.10 bits per heavy atom. The van der Waals surface area contributed by atoms with Gasteiger partial charge in [0, 0.05) is 18.3 Å². The second-order valence-corrected chi connectivity index (χ2v) is 5.19. The van der Waals surface area contributed by atoms with E-state index in [2.05, 4.69) is 12.2 Å². The summed E-state index contributed by atoms with van der Waals surface area (Å²) in [5, 5.41) is 11.8. The second-order valence-electron chi connectivity index (χ2n) is 5.19. The Hall–Kier alpha value is -2.04. The van der Waals surface area contributed by atoms with Crippen LogP contribution in [0.1, 0.15) is 42.1 Å². The van der Waals surface area contributed by atoms with Crippen molar-refractivity contribution in [3.63, 3.8) is 0 Å². The number of aryl methyl sites for hydroxylation is 1. The number of aromatic carboxylic acids is 1. The van der Waals surface area contributed by atoms with Crippen LogP contribution in [0.2, 0.25) is 0 Å². The predicted molar refractivity (Wildman–Crippen MR) is 77.2 cm³/mol. The van der Waals surface area contributed by atoms with Gasteiger partial charge in [0.25, 0.3) is 0 Å². The number of nitrogens with zero attached hydrogens (tertiary/aromatic N) is 1. The van der Waals surface area contributed by atoms with Crippen molar-refractivity contribution >= 4 is 17.7 Å². The molecule has 0 aromatic heterocycles. The van der Waals surface area contributed by atoms with Crippen LogP contribution < -0.4 is 5.32 Å². The van der Waals surface area contributed by atoms with Crippen LogP contribution in [0.15, 0.2) is 18.2 Å². The third-order valence-electron chi connectivity index (χ3n) is 3.43. The van der Waals surface area contributed by atoms with Crippen molar-refractivity contribution in [3.8, 4) is 0 Å². The van der Waals surface area contributed by atoms with Crippen LogP contribution in [0.4, 0.5) is 10.5 Å². The standard InChI is InChI=1S/C15H20N2O3/c1-3-8-17(12-5-6-12)15(20)16-13-7-4-11(14(18)19)9-10(13)2/h4,7,9,12H,3,5-6,8H2,1-2H3,(H,16,20)(H,18,19). The maximum atomic E-state index is 12.3. The summed E-state index contributed by atoms with van der Waals surface area (Å²) >= 11 is 0. The van der Waals surface area contributed by atoms with E-state index in [1.165, 1.54) is 6.07 Å². The Kier molecular flexibility index (Phi) is 4.27. The fourth-order valence-corrected chi connectivity index (χ4v) is 2.20. The molecule has 2 N–H and O–H groups in total. The van der Waals surface area contributed by atoms with Crippen molar-refractivity contribution < 1.29 is 14.7 Å². The van der Waals surface area contributed by atoms with E-state index in [-0.39, 0.29) is 11.6 Å². The average Bonchev–Trinajstić information content (AvgIpc) is 3.22. The molecule has 0 radical (unpaired) electrons. The van der Waals surface area contributed by atoms with Crippen LogP contribution in [0.3, 0.4) is 0 Å². The zero-order valence-electron chi connectivity index (χ0n) is 11.8. The average molecular weight is 276 g/mol. The summed E-state index contributed by atoms with van der Waals surface area (Å²) in [6, 6.07) is 4.99. The smallest absolute Gasteiger partial charge is 0.335 e. The Morgan fingerprint density at radius 1 is 1.40 bits per heavy atom. The largest absolute Gasteiger partial charge is 0.478 e. The van der Waals surface area contributed by atoms with Crippen molar-refractivity contribution in [1.82, 2.24) is 4.90 Å². The van der Waals surface area contributed by atoms with Gasteiger partial charge in [-0.2, -0.15) is 0 Å². The van der Waals surface area contributed by atoms with Crippen LogP contribution >= 0.6 is 0 Å². The molecule has 1 aliphatic rings. The normalized spacial score (nSPS) is 13.9. The maximum absolute atomic E-state index is 12.3. The van der Waals surface area contributed by atoms with Gasteiger partial charge in [0.05, 0.1) is 5.56 Å². The number of nitrogens with one attached hydrogen (secondary N) is 1. The summed E-state index contributed by atoms with van der Waals surface area (Å²) < 4.78 is 0. The van der Waals surface area contributed by atoms with Crippen molar-refractivity contribution in [2.45, 2.75) is 39.2 Å². The van der Waals surface area contributed by atoms with E-state index < -0.39 is 5.97 Å². The Bertz CT molecular complexity index is 524. The van der Waals surface area contributed by atoms with E-state index in [1.807, 2.05) is 4.90 Å². The third kappa shape index (κ3) is 3.29. The number of hydrogen-bond acceptors (Lipinski definition) is 2. The molecule has 20 heavy (non-hydrogen) atoms. The molecule has 1 fully saturated rings. The highest BCUT2D eigenvalue weighted by Gasteiger charge is 2.32. The number of carbonyl (C=O) groups excluding carboxylic acids is 1. The predicted octanol–water partition coefficient (Wildman–Crippen LogP) is 3.10. The number of urea groups is 1. The molecule has 0 aliphatic heterocycles. The van der Waals surface area contributed by atoms with E-state index in [0.29, 0.717) is 11.7 Å². The van der Waals surface area contributed by atoms with Gasteiger partial charge >= 0.3 is 12.0 Å². The zero-order chi connectivity index (χ0) is 14.7. The Labute approximate surface area is 118 Å². The van der Waals surface area contributed by atoms with Crippen molar-refractivity contribution in [3.05, 3.63) is 29.3 Å². The molecule has 0 atom stereocenters. The first-order valence-corrected chi connectivity index (χ1v) is 6.94. The molecule has 1 saturated carbocycles. The third-order valence-corrected chi connectivity index (χ3v) is 3.43. The monoisotopic (exact) mass is 276 g/mol. The highest BCUT2D eigenvalue weighted by molar-refractivity contribution is 5.93. The molecule has 0 saturated heterocycles. The molecular formula is C15H20N2O3. The fraction of sp³-hybridized carbons (Fsp3) is 0.467. The fourth-order valence-electron chi connectivity index (χ4n) is 2.20. The lowest BCUT2D eigenvalue weighted by Gasteiger charge is -2.22. The van der Waals surface area contributed by atoms with Gasteiger partial charge in [-0.25, -0.2) is 9.59 Å². The molecular weight excluding hydrogens is 256 g/mol. The topological polar surface area (TPSA) is 69.6 Å². The minimum absolute atomic E-state index is 0.0967. The van der Waals surface area contributed by atoms with Crippen LogP contribution in [-0.2, 0) is 0 Å². The number of amides is 2. The summed E-state index contributed by atoms with van der Waals surface area (Å²) in [7, 11) is 0. The summed E-state index contributed by atoms with van der Waals surface area (Å²) in [6.07, 6.45) is 3.08. The first-order chi connectivity index (χ1) is 9.52. The van der Waals surface area contributed by atoms with Crippen molar-refractivity contribution in [2.75, 3.05) is 11.9 Å². The number of carboxylic acid groups (broad SMARTS) is 1. The van der Waals surface area contributed by atoms with Gasteiger partial charge in [-0.3, -0.25) is 0 Å². The highest BCUT2D eigenvalue weighted by Crippen LogP contribution is 2.28. The Balaban J connectivity index is 2.08. The van der Waals surface area contributed by atoms with E-state index in [0.717, 1.165) is 31.4 Å². The molecule has 2 amide bonds. The lowest BCUT2D eigenvalue weighted by atomic mass is 10.1. The van der Waals surface area contributed by atoms with Gasteiger partial charge in [-0.1, -0.05) is 6.92 Å². The Morgan fingerprint density at radius 3 is 2.60 bits per heavy atom. The van der Waals surface area contributed by atoms with Gasteiger partial charge in [-0.15, -0.1) is 0 Å². The lowest BCUT2D eigenvalue weighted by Crippen LogP contribution is -2.37. The number of hydrogen-bond donors (Lipinski definition) is 2. The SMILES string of the molecule is CCCN(C(=O)Nc1ccc(C(=O)O)cc1C)C1CC1. The summed E-state index contributed by atoms with van der Waals surface area (Å²) in [6.45, 7) is 4.60. The molecule has 5 nitrogen and oxygen atoms in total. The first kappa shape index (κ1) is 14.4. The van der Waals surface area contributed by atoms with Gasteiger partial charge in [0.1, 0.15) is 0 Å². The number of anilines is 1. The van der Waals surface area contributed by atoms with Crippen molar-refractivity contribution in [2.24, 2.45) is 0 Å². The first-order valence-electron chi connectivity index (χ1n) is 6.94. The molecule has 108 valence electrons. The molecule has 0 heterocycles. The van der Waals surface area contributed by atoms with Gasteiger partial charge < -0.3 is 15.3 Å². The minimum atomic E-state index is -0.962. The zero-order valence-corrected chi connectivity index (χ0v) is 11.8. The molecule has 1 aliphatic carbocycles. The van der Waals surface area contributed by atoms with Crippen LogP contribution in [0, 0.1) is 6.92 Å². The number of benzene rings is 1. The molecule has 0 unspecified atom stereocenters. The number of carboxylic acids is 1.